The molecule has 0 aliphatic carbocycles. The monoisotopic (exact) mass is 588 g/mol. The molecule has 0 aliphatic rings. The highest BCUT2D eigenvalue weighted by atomic mass is 32.2. The van der Waals surface area contributed by atoms with Crippen LogP contribution in [0.15, 0.2) is 44.3 Å². The van der Waals surface area contributed by atoms with Crippen LogP contribution in [-0.2, 0) is 41.6 Å². The van der Waals surface area contributed by atoms with E-state index < -0.39 is 68.5 Å². The maximum atomic E-state index is 11.7. The third kappa shape index (κ3) is 8.44. The third-order valence-electron chi connectivity index (χ3n) is 4.21. The van der Waals surface area contributed by atoms with E-state index >= 15 is 0 Å². The molecular weight excluding hydrogens is 568 g/mol. The summed E-state index contributed by atoms with van der Waals surface area (Å²) in [5, 5.41) is 7.44. The lowest BCUT2D eigenvalue weighted by atomic mass is 10.1. The van der Waals surface area contributed by atoms with Gasteiger partial charge in [0.05, 0.1) is 29.4 Å². The summed E-state index contributed by atoms with van der Waals surface area (Å²) in [5.74, 6) is -0.732. The van der Waals surface area contributed by atoms with Crippen LogP contribution in [0.1, 0.15) is 12.0 Å². The summed E-state index contributed by atoms with van der Waals surface area (Å²) in [4.78, 5) is -1.81. The first kappa shape index (κ1) is 29.5. The number of hydrogen-bond donors (Lipinski definition) is 6. The van der Waals surface area contributed by atoms with E-state index in [1.165, 1.54) is 19.1 Å². The minimum atomic E-state index is -4.96. The molecule has 200 valence electrons. The van der Waals surface area contributed by atoms with E-state index in [1.54, 1.807) is 0 Å². The molecule has 0 amide bonds. The van der Waals surface area contributed by atoms with Crippen molar-refractivity contribution in [3.63, 3.8) is 0 Å². The van der Waals surface area contributed by atoms with Crippen molar-refractivity contribution in [1.29, 1.82) is 0 Å². The Morgan fingerprint density at radius 2 is 1.53 bits per heavy atom. The Labute approximate surface area is 208 Å². The zero-order valence-electron chi connectivity index (χ0n) is 18.1. The van der Waals surface area contributed by atoms with Crippen molar-refractivity contribution >= 4 is 64.4 Å². The Morgan fingerprint density at radius 3 is 2.06 bits per heavy atom. The highest BCUT2D eigenvalue weighted by Gasteiger charge is 2.23. The molecule has 0 aromatic heterocycles. The number of azo groups is 1. The summed E-state index contributed by atoms with van der Waals surface area (Å²) in [7, 11) is -14.1. The molecule has 0 bridgehead atoms. The highest BCUT2D eigenvalue weighted by molar-refractivity contribution is 7.86. The molecule has 0 heterocycles. The summed E-state index contributed by atoms with van der Waals surface area (Å²) in [5.41, 5.74) is 4.31. The van der Waals surface area contributed by atoms with Crippen LogP contribution < -0.4 is 15.2 Å². The van der Waals surface area contributed by atoms with Crippen LogP contribution in [0.4, 0.5) is 22.7 Å². The van der Waals surface area contributed by atoms with E-state index in [1.807, 2.05) is 0 Å². The fraction of sp³-hybridized carbons (Fsp3) is 0.250. The second-order valence-electron chi connectivity index (χ2n) is 6.98. The first-order chi connectivity index (χ1) is 16.4. The molecule has 16 nitrogen and oxygen atoms in total. The van der Waals surface area contributed by atoms with Crippen LogP contribution in [-0.4, -0.2) is 60.0 Å². The zero-order chi connectivity index (χ0) is 27.5. The minimum absolute atomic E-state index is 0.0149. The summed E-state index contributed by atoms with van der Waals surface area (Å²) < 4.78 is 124. The Hall–Kier alpha value is -2.72. The molecule has 0 saturated heterocycles. The van der Waals surface area contributed by atoms with Gasteiger partial charge in [-0.3, -0.25) is 22.9 Å². The molecule has 0 radical (unpaired) electrons. The van der Waals surface area contributed by atoms with Gasteiger partial charge >= 0.3 is 0 Å². The predicted molar refractivity (Wildman–Crippen MR) is 127 cm³/mol. The van der Waals surface area contributed by atoms with Gasteiger partial charge in [0.25, 0.3) is 41.6 Å². The number of nitrogen functional groups attached to an aromatic ring is 1. The van der Waals surface area contributed by atoms with Crippen LogP contribution in [0, 0.1) is 6.92 Å². The van der Waals surface area contributed by atoms with Crippen molar-refractivity contribution in [2.45, 2.75) is 23.1 Å². The maximum absolute atomic E-state index is 11.7. The van der Waals surface area contributed by atoms with Gasteiger partial charge in [0.15, 0.2) is 0 Å². The zero-order valence-corrected chi connectivity index (χ0v) is 21.4. The maximum Gasteiger partial charge on any atom is 0.296 e. The van der Waals surface area contributed by atoms with Crippen LogP contribution >= 0.6 is 0 Å². The third-order valence-corrected chi connectivity index (χ3v) is 7.20. The molecule has 7 N–H and O–H groups in total. The van der Waals surface area contributed by atoms with Gasteiger partial charge in [-0.2, -0.15) is 30.4 Å². The van der Waals surface area contributed by atoms with Gasteiger partial charge in [-0.1, -0.05) is 0 Å². The number of nitrogens with two attached hydrogens (primary N) is 1. The lowest BCUT2D eigenvalue weighted by Crippen LogP contribution is -2.10. The molecule has 1 atom stereocenters. The topological polar surface area (TPSA) is 272 Å². The second-order valence-corrected chi connectivity index (χ2v) is 12.0. The number of nitrogens with zero attached hydrogens (tertiary/aromatic N) is 2. The van der Waals surface area contributed by atoms with E-state index in [2.05, 4.69) is 15.0 Å². The molecular formula is C16H20N4O12S4. The molecule has 0 fully saturated rings. The second kappa shape index (κ2) is 11.1. The van der Waals surface area contributed by atoms with Gasteiger partial charge in [0.1, 0.15) is 21.2 Å². The average molecular weight is 589 g/mol. The van der Waals surface area contributed by atoms with Crippen LogP contribution in [0.25, 0.3) is 0 Å². The van der Waals surface area contributed by atoms with Crippen LogP contribution in [0.2, 0.25) is 0 Å². The molecule has 20 heteroatoms. The first-order valence-electron chi connectivity index (χ1n) is 9.29. The molecule has 2 aromatic rings. The Morgan fingerprint density at radius 1 is 0.944 bits per heavy atom. The molecule has 36 heavy (non-hydrogen) atoms. The molecule has 1 unspecified atom stereocenters. The largest absolute Gasteiger partial charge is 0.491 e. The van der Waals surface area contributed by atoms with Crippen LogP contribution in [0.5, 0.6) is 5.75 Å². The van der Waals surface area contributed by atoms with E-state index in [0.717, 1.165) is 0 Å². The predicted octanol–water partition coefficient (Wildman–Crippen LogP) is 1.69. The number of ether oxygens (including phenoxy) is 1. The molecule has 0 saturated carbocycles. The quantitative estimate of drug-likeness (QED) is 0.0717. The van der Waals surface area contributed by atoms with E-state index in [4.69, 9.17) is 19.6 Å². The van der Waals surface area contributed by atoms with Crippen molar-refractivity contribution < 1.29 is 52.4 Å². The first-order valence-corrected chi connectivity index (χ1v) is 14.9. The lowest BCUT2D eigenvalue weighted by Gasteiger charge is -2.13. The smallest absolute Gasteiger partial charge is 0.296 e. The minimum Gasteiger partial charge on any atom is -0.491 e. The number of rotatable bonds is 11. The highest BCUT2D eigenvalue weighted by Crippen LogP contribution is 2.36. The Bertz CT molecular complexity index is 1540. The summed E-state index contributed by atoms with van der Waals surface area (Å²) in [6.07, 6.45) is -0.146. The van der Waals surface area contributed by atoms with Gasteiger partial charge in [-0.05, 0) is 37.1 Å². The van der Waals surface area contributed by atoms with E-state index in [-0.39, 0.29) is 35.7 Å². The number of anilines is 2. The standard InChI is InChI=1S/C16H20N4O12S4/c1-9-5-12(20-33(21)22)14(32-3-2-4-34(23,24)25)7-11(9)18-19-13-8-15(35(26,27)28)10(17)6-16(13)36(29,30)31/h5-8,20H,2-4,17H2,1H3,(H,21,22)(H,23,24,25)(H,26,27,28)(H,29,30,31). The van der Waals surface area contributed by atoms with Crippen molar-refractivity contribution in [2.75, 3.05) is 22.8 Å². The van der Waals surface area contributed by atoms with E-state index in [0.29, 0.717) is 12.1 Å². The summed E-state index contributed by atoms with van der Waals surface area (Å²) in [6, 6.07) is 3.60. The normalized spacial score (nSPS) is 13.6. The molecule has 0 aliphatic heterocycles. The van der Waals surface area contributed by atoms with E-state index in [9.17, 15) is 38.6 Å². The summed E-state index contributed by atoms with van der Waals surface area (Å²) >= 11 is -2.53. The number of aryl methyl sites for hydroxylation is 1. The molecule has 2 rings (SSSR count). The molecule has 0 spiro atoms. The SMILES string of the molecule is Cc1cc(NS(=O)O)c(OCCCS(=O)(=O)O)cc1N=Nc1cc(S(=O)(=O)O)c(N)cc1S(=O)(=O)O. The van der Waals surface area contributed by atoms with Crippen molar-refractivity contribution in [2.24, 2.45) is 10.2 Å². The van der Waals surface area contributed by atoms with Crippen LogP contribution in [0.3, 0.4) is 0 Å². The summed E-state index contributed by atoms with van der Waals surface area (Å²) in [6.45, 7) is 1.22. The van der Waals surface area contributed by atoms with Crippen molar-refractivity contribution in [3.05, 3.63) is 29.8 Å². The van der Waals surface area contributed by atoms with Crippen molar-refractivity contribution in [3.8, 4) is 5.75 Å². The van der Waals surface area contributed by atoms with Gasteiger partial charge < -0.3 is 10.5 Å². The number of benzene rings is 2. The van der Waals surface area contributed by atoms with Gasteiger partial charge in [0, 0.05) is 6.07 Å². The fourth-order valence-corrected chi connectivity index (χ4v) is 4.77. The Balaban J connectivity index is 2.55. The number of hydrogen-bond acceptors (Lipinski definition) is 11. The number of nitrogens with one attached hydrogen (secondary N) is 1. The van der Waals surface area contributed by atoms with Crippen molar-refractivity contribution in [1.82, 2.24) is 0 Å². The molecule has 2 aromatic carbocycles. The van der Waals surface area contributed by atoms with Gasteiger partial charge in [-0.15, -0.1) is 5.11 Å². The Kier molecular flexibility index (Phi) is 9.12. The fourth-order valence-electron chi connectivity index (χ4n) is 2.68. The van der Waals surface area contributed by atoms with Gasteiger partial charge in [-0.25, -0.2) is 4.21 Å². The van der Waals surface area contributed by atoms with Gasteiger partial charge in [0.2, 0.25) is 0 Å². The lowest BCUT2D eigenvalue weighted by molar-refractivity contribution is 0.317. The average Bonchev–Trinajstić information content (AvgIpc) is 2.69.